The highest BCUT2D eigenvalue weighted by molar-refractivity contribution is 5.96. The lowest BCUT2D eigenvalue weighted by Gasteiger charge is -2.21. The molecule has 0 fully saturated rings. The second kappa shape index (κ2) is 8.85. The van der Waals surface area contributed by atoms with Crippen molar-refractivity contribution in [2.24, 2.45) is 0 Å². The highest BCUT2D eigenvalue weighted by Crippen LogP contribution is 2.17. The number of rotatable bonds is 6. The second-order valence-corrected chi connectivity index (χ2v) is 6.34. The molecule has 0 saturated heterocycles. The van der Waals surface area contributed by atoms with Gasteiger partial charge in [0.05, 0.1) is 17.9 Å². The van der Waals surface area contributed by atoms with Crippen molar-refractivity contribution < 1.29 is 18.7 Å². The third-order valence-electron chi connectivity index (χ3n) is 4.26. The van der Waals surface area contributed by atoms with E-state index < -0.39 is 18.5 Å². The van der Waals surface area contributed by atoms with Crippen molar-refractivity contribution in [1.82, 2.24) is 0 Å². The summed E-state index contributed by atoms with van der Waals surface area (Å²) in [4.78, 5) is 38.4. The fourth-order valence-corrected chi connectivity index (χ4v) is 2.77. The van der Waals surface area contributed by atoms with E-state index in [1.165, 1.54) is 4.90 Å². The van der Waals surface area contributed by atoms with Crippen molar-refractivity contribution in [3.05, 3.63) is 76.1 Å². The molecule has 7 nitrogen and oxygen atoms in total. The van der Waals surface area contributed by atoms with Crippen LogP contribution in [0.3, 0.4) is 0 Å². The van der Waals surface area contributed by atoms with Gasteiger partial charge in [-0.1, -0.05) is 29.8 Å². The molecule has 0 radical (unpaired) electrons. The summed E-state index contributed by atoms with van der Waals surface area (Å²) < 4.78 is 10.5. The Labute approximate surface area is 166 Å². The van der Waals surface area contributed by atoms with E-state index in [4.69, 9.17) is 14.4 Å². The van der Waals surface area contributed by atoms with Gasteiger partial charge < -0.3 is 14.1 Å². The Morgan fingerprint density at radius 1 is 1.14 bits per heavy atom. The largest absolute Gasteiger partial charge is 0.450 e. The summed E-state index contributed by atoms with van der Waals surface area (Å²) in [6.45, 7) is 1.54. The van der Waals surface area contributed by atoms with Gasteiger partial charge in [0.15, 0.2) is 12.0 Å². The van der Waals surface area contributed by atoms with E-state index in [9.17, 15) is 14.4 Å². The molecular weight excluding hydrogens is 372 g/mol. The highest BCUT2D eigenvalue weighted by atomic mass is 16.5. The summed E-state index contributed by atoms with van der Waals surface area (Å²) >= 11 is 0. The van der Waals surface area contributed by atoms with Gasteiger partial charge in [0.1, 0.15) is 5.58 Å². The maximum atomic E-state index is 12.6. The van der Waals surface area contributed by atoms with Crippen molar-refractivity contribution in [2.45, 2.75) is 13.3 Å². The van der Waals surface area contributed by atoms with Crippen molar-refractivity contribution in [3.8, 4) is 6.07 Å². The monoisotopic (exact) mass is 390 g/mol. The van der Waals surface area contributed by atoms with E-state index >= 15 is 0 Å². The molecule has 0 aliphatic carbocycles. The highest BCUT2D eigenvalue weighted by Gasteiger charge is 2.20. The molecule has 146 valence electrons. The van der Waals surface area contributed by atoms with E-state index in [2.05, 4.69) is 0 Å². The number of aryl methyl sites for hydroxylation is 1. The first kappa shape index (κ1) is 19.8. The Morgan fingerprint density at radius 2 is 1.86 bits per heavy atom. The fraction of sp³-hybridized carbons (Fsp3) is 0.182. The van der Waals surface area contributed by atoms with Gasteiger partial charge in [-0.2, -0.15) is 5.26 Å². The molecule has 0 unspecified atom stereocenters. The number of esters is 1. The van der Waals surface area contributed by atoms with Gasteiger partial charge in [-0.25, -0.2) is 4.79 Å². The minimum absolute atomic E-state index is 0.132. The average Bonchev–Trinajstić information content (AvgIpc) is 2.73. The van der Waals surface area contributed by atoms with Crippen LogP contribution in [0.1, 0.15) is 22.5 Å². The Kier molecular flexibility index (Phi) is 6.05. The number of carbonyl (C=O) groups is 2. The molecule has 0 N–H and O–H groups in total. The number of hydrogen-bond donors (Lipinski definition) is 0. The van der Waals surface area contributed by atoms with Gasteiger partial charge in [-0.15, -0.1) is 0 Å². The van der Waals surface area contributed by atoms with E-state index in [1.807, 2.05) is 25.1 Å². The normalized spacial score (nSPS) is 10.3. The summed E-state index contributed by atoms with van der Waals surface area (Å²) in [5.41, 5.74) is 1.51. The molecule has 0 saturated carbocycles. The van der Waals surface area contributed by atoms with E-state index in [0.29, 0.717) is 11.1 Å². The topological polar surface area (TPSA) is 101 Å². The van der Waals surface area contributed by atoms with Gasteiger partial charge in [-0.3, -0.25) is 9.59 Å². The summed E-state index contributed by atoms with van der Waals surface area (Å²) in [5.74, 6) is -1.67. The Hall–Kier alpha value is -3.92. The summed E-state index contributed by atoms with van der Waals surface area (Å²) in [6, 6.07) is 16.8. The van der Waals surface area contributed by atoms with Crippen LogP contribution in [0.4, 0.5) is 5.69 Å². The zero-order chi connectivity index (χ0) is 20.8. The van der Waals surface area contributed by atoms with E-state index in [1.54, 1.807) is 36.4 Å². The maximum Gasteiger partial charge on any atom is 0.374 e. The first-order valence-electron chi connectivity index (χ1n) is 8.93. The number of ether oxygens (including phenoxy) is 1. The number of carbonyl (C=O) groups excluding carboxylic acids is 2. The summed E-state index contributed by atoms with van der Waals surface area (Å²) in [6.07, 6.45) is 0.132. The number of benzene rings is 2. The van der Waals surface area contributed by atoms with E-state index in [-0.39, 0.29) is 29.7 Å². The molecule has 7 heteroatoms. The molecule has 29 heavy (non-hydrogen) atoms. The minimum atomic E-state index is -0.912. The first-order chi connectivity index (χ1) is 14.0. The molecule has 0 aliphatic rings. The molecule has 0 atom stereocenters. The number of amides is 1. The lowest BCUT2D eigenvalue weighted by molar-refractivity contribution is -0.121. The van der Waals surface area contributed by atoms with Gasteiger partial charge >= 0.3 is 5.97 Å². The van der Waals surface area contributed by atoms with Crippen LogP contribution < -0.4 is 10.3 Å². The molecule has 1 aromatic heterocycles. The zero-order valence-electron chi connectivity index (χ0n) is 15.8. The van der Waals surface area contributed by atoms with Crippen LogP contribution in [0.25, 0.3) is 11.0 Å². The Bertz CT molecular complexity index is 1140. The molecule has 1 amide bonds. The first-order valence-corrected chi connectivity index (χ1v) is 8.93. The third-order valence-corrected chi connectivity index (χ3v) is 4.26. The maximum absolute atomic E-state index is 12.6. The number of nitrogens with zero attached hydrogens (tertiary/aromatic N) is 2. The van der Waals surface area contributed by atoms with Crippen molar-refractivity contribution in [1.29, 1.82) is 5.26 Å². The lowest BCUT2D eigenvalue weighted by Crippen LogP contribution is -2.35. The molecule has 0 spiro atoms. The summed E-state index contributed by atoms with van der Waals surface area (Å²) in [5, 5.41) is 9.20. The number of fused-ring (bicyclic) bond motifs is 1. The van der Waals surface area contributed by atoms with Crippen LogP contribution in [-0.2, 0) is 9.53 Å². The van der Waals surface area contributed by atoms with Crippen LogP contribution in [0.2, 0.25) is 0 Å². The molecule has 0 aliphatic heterocycles. The Morgan fingerprint density at radius 3 is 2.59 bits per heavy atom. The molecule has 2 aromatic carbocycles. The quantitative estimate of drug-likeness (QED) is 0.599. The zero-order valence-corrected chi connectivity index (χ0v) is 15.8. The van der Waals surface area contributed by atoms with Gasteiger partial charge in [0.2, 0.25) is 5.76 Å². The van der Waals surface area contributed by atoms with Gasteiger partial charge in [-0.05, 0) is 31.2 Å². The second-order valence-electron chi connectivity index (χ2n) is 6.34. The van der Waals surface area contributed by atoms with Crippen LogP contribution in [0, 0.1) is 18.3 Å². The van der Waals surface area contributed by atoms with Crippen molar-refractivity contribution >= 4 is 28.5 Å². The van der Waals surface area contributed by atoms with Gasteiger partial charge in [0, 0.05) is 18.3 Å². The number of hydrogen-bond acceptors (Lipinski definition) is 6. The number of para-hydroxylation sites is 1. The van der Waals surface area contributed by atoms with Gasteiger partial charge in [0.25, 0.3) is 5.91 Å². The smallest absolute Gasteiger partial charge is 0.374 e. The average molecular weight is 390 g/mol. The fourth-order valence-electron chi connectivity index (χ4n) is 2.77. The van der Waals surface area contributed by atoms with Crippen LogP contribution in [0.5, 0.6) is 0 Å². The predicted octanol–water partition coefficient (Wildman–Crippen LogP) is 3.21. The molecule has 0 bridgehead atoms. The summed E-state index contributed by atoms with van der Waals surface area (Å²) in [7, 11) is 0. The lowest BCUT2D eigenvalue weighted by atomic mass is 10.2. The Balaban J connectivity index is 1.73. The number of anilines is 1. The standard InChI is InChI=1S/C22H18N2O5/c1-15-7-9-16(10-8-15)24(12-4-11-23)21(26)14-28-22(27)20-13-18(25)17-5-2-3-6-19(17)29-20/h2-3,5-10,13H,4,12,14H2,1H3. The predicted molar refractivity (Wildman–Crippen MR) is 107 cm³/mol. The van der Waals surface area contributed by atoms with Crippen LogP contribution in [0.15, 0.2) is 63.8 Å². The molecular formula is C22H18N2O5. The van der Waals surface area contributed by atoms with Crippen LogP contribution >= 0.6 is 0 Å². The van der Waals surface area contributed by atoms with Crippen molar-refractivity contribution in [2.75, 3.05) is 18.1 Å². The van der Waals surface area contributed by atoms with Crippen LogP contribution in [-0.4, -0.2) is 25.0 Å². The SMILES string of the molecule is Cc1ccc(N(CCC#N)C(=O)COC(=O)c2cc(=O)c3ccccc3o2)cc1. The van der Waals surface area contributed by atoms with E-state index in [0.717, 1.165) is 11.6 Å². The number of nitriles is 1. The third kappa shape index (κ3) is 4.68. The molecule has 1 heterocycles. The van der Waals surface area contributed by atoms with Crippen molar-refractivity contribution in [3.63, 3.8) is 0 Å². The molecule has 3 aromatic rings. The molecule has 3 rings (SSSR count). The minimum Gasteiger partial charge on any atom is -0.450 e.